The van der Waals surface area contributed by atoms with Crippen molar-refractivity contribution in [3.63, 3.8) is 0 Å². The molecule has 3 aromatic carbocycles. The van der Waals surface area contributed by atoms with Crippen molar-refractivity contribution < 1.29 is 23.9 Å². The molecule has 2 N–H and O–H groups in total. The minimum absolute atomic E-state index is 0.0603. The molecule has 0 spiro atoms. The van der Waals surface area contributed by atoms with Crippen molar-refractivity contribution in [3.05, 3.63) is 89.2 Å². The number of likely N-dealkylation sites (N-methyl/N-ethyl adjacent to an activating group) is 2. The van der Waals surface area contributed by atoms with Gasteiger partial charge in [0.15, 0.2) is 0 Å². The van der Waals surface area contributed by atoms with E-state index in [9.17, 15) is 18.8 Å². The van der Waals surface area contributed by atoms with Gasteiger partial charge in [-0.15, -0.1) is 0 Å². The molecule has 1 unspecified atom stereocenters. The highest BCUT2D eigenvalue weighted by molar-refractivity contribution is 6.24. The summed E-state index contributed by atoms with van der Waals surface area (Å²) in [7, 11) is 5.35. The molecule has 9 heteroatoms. The zero-order valence-corrected chi connectivity index (χ0v) is 20.7. The van der Waals surface area contributed by atoms with Crippen molar-refractivity contribution >= 4 is 40.6 Å². The van der Waals surface area contributed by atoms with Gasteiger partial charge in [-0.2, -0.15) is 0 Å². The smallest absolute Gasteiger partial charge is 0.307 e. The molecule has 1 heterocycles. The quantitative estimate of drug-likeness (QED) is 0.456. The number of halogens is 1. The lowest BCUT2D eigenvalue weighted by Crippen LogP contribution is -2.34. The number of hydrogen-bond acceptors (Lipinski definition) is 5. The Morgan fingerprint density at radius 3 is 2.30 bits per heavy atom. The Hall–Kier alpha value is -4.37. The third-order valence-electron chi connectivity index (χ3n) is 6.04. The standard InChI is InChI=1S/C28H27FN4O4/c1-32(2)16-24(34)33(3)21-11-9-20(10-12-21)30-27(18-6-4-17(5-7-18)14-25(35)36)26-22-13-8-19(29)15-23(22)31-28(26)37/h4-13,15,26H,14,16H2,1-3H3,(H,31,37)(H,35,36). The minimum atomic E-state index is -0.943. The fraction of sp³-hybridized carbons (Fsp3) is 0.214. The molecular formula is C28H27FN4O4. The summed E-state index contributed by atoms with van der Waals surface area (Å²) in [4.78, 5) is 44.7. The maximum absolute atomic E-state index is 13.8. The molecule has 1 atom stereocenters. The second-order valence-electron chi connectivity index (χ2n) is 9.13. The number of benzene rings is 3. The predicted molar refractivity (Wildman–Crippen MR) is 140 cm³/mol. The summed E-state index contributed by atoms with van der Waals surface area (Å²) < 4.78 is 13.8. The van der Waals surface area contributed by atoms with E-state index in [1.54, 1.807) is 71.4 Å². The third-order valence-corrected chi connectivity index (χ3v) is 6.04. The number of aliphatic carboxylic acids is 1. The van der Waals surface area contributed by atoms with E-state index in [0.717, 1.165) is 0 Å². The molecule has 8 nitrogen and oxygen atoms in total. The van der Waals surface area contributed by atoms with Crippen molar-refractivity contribution in [2.45, 2.75) is 12.3 Å². The Morgan fingerprint density at radius 1 is 1.00 bits per heavy atom. The lowest BCUT2D eigenvalue weighted by atomic mass is 9.90. The van der Waals surface area contributed by atoms with Crippen LogP contribution < -0.4 is 10.2 Å². The number of carbonyl (C=O) groups is 3. The normalized spacial score (nSPS) is 14.9. The maximum Gasteiger partial charge on any atom is 0.307 e. The molecule has 190 valence electrons. The fourth-order valence-electron chi connectivity index (χ4n) is 4.18. The fourth-order valence-corrected chi connectivity index (χ4v) is 4.18. The van der Waals surface area contributed by atoms with Crippen LogP contribution in [0.25, 0.3) is 0 Å². The van der Waals surface area contributed by atoms with E-state index in [0.29, 0.717) is 39.5 Å². The zero-order valence-electron chi connectivity index (χ0n) is 20.7. The summed E-state index contributed by atoms with van der Waals surface area (Å²) in [5, 5.41) is 11.8. The van der Waals surface area contributed by atoms with Gasteiger partial charge in [-0.25, -0.2) is 4.39 Å². The average Bonchev–Trinajstić information content (AvgIpc) is 3.16. The molecule has 3 aromatic rings. The highest BCUT2D eigenvalue weighted by Crippen LogP contribution is 2.37. The number of carboxylic acid groups (broad SMARTS) is 1. The van der Waals surface area contributed by atoms with Crippen molar-refractivity contribution in [2.75, 3.05) is 37.9 Å². The molecule has 0 fully saturated rings. The topological polar surface area (TPSA) is 102 Å². The Labute approximate surface area is 214 Å². The first-order valence-electron chi connectivity index (χ1n) is 11.6. The monoisotopic (exact) mass is 502 g/mol. The number of nitrogens with one attached hydrogen (secondary N) is 1. The molecule has 0 aliphatic carbocycles. The number of anilines is 2. The van der Waals surface area contributed by atoms with Crippen LogP contribution in [0.4, 0.5) is 21.5 Å². The summed E-state index contributed by atoms with van der Waals surface area (Å²) in [6.07, 6.45) is -0.125. The Kier molecular flexibility index (Phi) is 7.45. The van der Waals surface area contributed by atoms with Gasteiger partial charge in [-0.3, -0.25) is 19.4 Å². The van der Waals surface area contributed by atoms with Gasteiger partial charge >= 0.3 is 5.97 Å². The Morgan fingerprint density at radius 2 is 1.68 bits per heavy atom. The van der Waals surface area contributed by atoms with Crippen molar-refractivity contribution in [2.24, 2.45) is 4.99 Å². The molecular weight excluding hydrogens is 475 g/mol. The van der Waals surface area contributed by atoms with Crippen LogP contribution in [0, 0.1) is 5.82 Å². The lowest BCUT2D eigenvalue weighted by Gasteiger charge is -2.20. The van der Waals surface area contributed by atoms with E-state index in [1.807, 2.05) is 14.1 Å². The van der Waals surface area contributed by atoms with Crippen LogP contribution in [-0.2, 0) is 20.8 Å². The van der Waals surface area contributed by atoms with E-state index >= 15 is 0 Å². The summed E-state index contributed by atoms with van der Waals surface area (Å²) in [6, 6.07) is 18.0. The largest absolute Gasteiger partial charge is 0.481 e. The Bertz CT molecular complexity index is 1370. The first-order chi connectivity index (χ1) is 17.6. The van der Waals surface area contributed by atoms with E-state index in [-0.39, 0.29) is 24.8 Å². The predicted octanol–water partition coefficient (Wildman–Crippen LogP) is 3.83. The summed E-state index contributed by atoms with van der Waals surface area (Å²) in [5.74, 6) is -2.58. The summed E-state index contributed by atoms with van der Waals surface area (Å²) in [6.45, 7) is 0.273. The molecule has 0 radical (unpaired) electrons. The van der Waals surface area contributed by atoms with E-state index in [4.69, 9.17) is 10.1 Å². The van der Waals surface area contributed by atoms with Crippen LogP contribution in [0.2, 0.25) is 0 Å². The van der Waals surface area contributed by atoms with Crippen molar-refractivity contribution in [1.82, 2.24) is 4.90 Å². The van der Waals surface area contributed by atoms with Gasteiger partial charge in [0, 0.05) is 18.4 Å². The molecule has 2 amide bonds. The van der Waals surface area contributed by atoms with Crippen LogP contribution in [0.1, 0.15) is 22.6 Å². The van der Waals surface area contributed by atoms with Gasteiger partial charge in [0.25, 0.3) is 0 Å². The van der Waals surface area contributed by atoms with Gasteiger partial charge in [0.1, 0.15) is 11.7 Å². The molecule has 0 bridgehead atoms. The zero-order chi connectivity index (χ0) is 26.7. The number of hydrogen-bond donors (Lipinski definition) is 2. The average molecular weight is 503 g/mol. The van der Waals surface area contributed by atoms with Gasteiger partial charge in [0.2, 0.25) is 11.8 Å². The molecule has 0 aromatic heterocycles. The molecule has 0 saturated heterocycles. The summed E-state index contributed by atoms with van der Waals surface area (Å²) in [5.41, 5.74) is 3.94. The number of amides is 2. The first kappa shape index (κ1) is 25.7. The van der Waals surface area contributed by atoms with Crippen molar-refractivity contribution in [3.8, 4) is 0 Å². The number of carboxylic acids is 1. The van der Waals surface area contributed by atoms with Gasteiger partial charge in [-0.05, 0) is 67.2 Å². The molecule has 1 aliphatic heterocycles. The number of carbonyl (C=O) groups excluding carboxylic acids is 2. The van der Waals surface area contributed by atoms with Crippen LogP contribution >= 0.6 is 0 Å². The van der Waals surface area contributed by atoms with Crippen molar-refractivity contribution in [1.29, 1.82) is 0 Å². The van der Waals surface area contributed by atoms with Crippen LogP contribution in [0.3, 0.4) is 0 Å². The van der Waals surface area contributed by atoms with Crippen LogP contribution in [0.15, 0.2) is 71.7 Å². The van der Waals surface area contributed by atoms with E-state index in [1.165, 1.54) is 12.1 Å². The second kappa shape index (κ2) is 10.7. The number of fused-ring (bicyclic) bond motifs is 1. The van der Waals surface area contributed by atoms with E-state index in [2.05, 4.69) is 5.32 Å². The highest BCUT2D eigenvalue weighted by Gasteiger charge is 2.35. The van der Waals surface area contributed by atoms with Gasteiger partial charge < -0.3 is 20.2 Å². The van der Waals surface area contributed by atoms with Gasteiger partial charge in [0.05, 0.1) is 24.4 Å². The Balaban J connectivity index is 1.73. The SMILES string of the molecule is CN(C)CC(=O)N(C)c1ccc(N=C(c2ccc(CC(=O)O)cc2)C2C(=O)Nc3cc(F)ccc32)cc1. The molecule has 0 saturated carbocycles. The number of rotatable bonds is 8. The van der Waals surface area contributed by atoms with E-state index < -0.39 is 17.7 Å². The molecule has 1 aliphatic rings. The van der Waals surface area contributed by atoms with Crippen LogP contribution in [0.5, 0.6) is 0 Å². The summed E-state index contributed by atoms with van der Waals surface area (Å²) >= 11 is 0. The lowest BCUT2D eigenvalue weighted by molar-refractivity contribution is -0.136. The molecule has 37 heavy (non-hydrogen) atoms. The second-order valence-corrected chi connectivity index (χ2v) is 9.13. The third kappa shape index (κ3) is 5.90. The number of nitrogens with zero attached hydrogens (tertiary/aromatic N) is 3. The first-order valence-corrected chi connectivity index (χ1v) is 11.6. The maximum atomic E-state index is 13.8. The van der Waals surface area contributed by atoms with Gasteiger partial charge in [-0.1, -0.05) is 30.3 Å². The van der Waals surface area contributed by atoms with Crippen LogP contribution in [-0.4, -0.2) is 61.2 Å². The number of aliphatic imine (C=N–C) groups is 1. The highest BCUT2D eigenvalue weighted by atomic mass is 19.1. The molecule has 4 rings (SSSR count). The minimum Gasteiger partial charge on any atom is -0.481 e.